The lowest BCUT2D eigenvalue weighted by Gasteiger charge is -2.29. The number of hydrogen-bond donors (Lipinski definition) is 0. The molecule has 3 aromatic rings. The minimum atomic E-state index is -4.74. The van der Waals surface area contributed by atoms with E-state index < -0.39 is 41.5 Å². The van der Waals surface area contributed by atoms with Crippen LogP contribution in [-0.2, 0) is 11.0 Å². The van der Waals surface area contributed by atoms with Crippen LogP contribution in [0.4, 0.5) is 28.9 Å². The van der Waals surface area contributed by atoms with Gasteiger partial charge in [0.2, 0.25) is 5.91 Å². The first-order valence-electron chi connectivity index (χ1n) is 11.2. The molecule has 1 fully saturated rings. The number of benzene rings is 2. The summed E-state index contributed by atoms with van der Waals surface area (Å²) in [5.41, 5.74) is -0.918. The van der Waals surface area contributed by atoms with E-state index in [1.54, 1.807) is 13.8 Å². The topological polar surface area (TPSA) is 62.7 Å². The average molecular weight is 532 g/mol. The number of carbonyl (C=O) groups is 2. The van der Waals surface area contributed by atoms with E-state index >= 15 is 0 Å². The number of amides is 2. The predicted molar refractivity (Wildman–Crippen MR) is 131 cm³/mol. The summed E-state index contributed by atoms with van der Waals surface area (Å²) in [4.78, 5) is 33.6. The van der Waals surface area contributed by atoms with Gasteiger partial charge in [-0.15, -0.1) is 17.8 Å². The van der Waals surface area contributed by atoms with Gasteiger partial charge in [-0.05, 0) is 62.6 Å². The molecule has 6 nitrogen and oxygen atoms in total. The average Bonchev–Trinajstić information content (AvgIpc) is 3.46. The smallest absolute Gasteiger partial charge is 0.416 e. The van der Waals surface area contributed by atoms with E-state index in [9.17, 15) is 27.2 Å². The quantitative estimate of drug-likeness (QED) is 0.310. The first-order chi connectivity index (χ1) is 17.5. The molecule has 2 aromatic carbocycles. The molecule has 0 bridgehead atoms. The molecule has 1 aliphatic heterocycles. The predicted octanol–water partition coefficient (Wildman–Crippen LogP) is 5.52. The van der Waals surface area contributed by atoms with E-state index in [0.717, 1.165) is 28.4 Å². The highest BCUT2D eigenvalue weighted by atomic mass is 32.1. The highest BCUT2D eigenvalue weighted by molar-refractivity contribution is 7.10. The van der Waals surface area contributed by atoms with Crippen LogP contribution in [0.15, 0.2) is 47.8 Å². The molecule has 192 valence electrons. The fraction of sp³-hybridized carbons (Fsp3) is 0.269. The second-order valence-electron chi connectivity index (χ2n) is 8.51. The summed E-state index contributed by atoms with van der Waals surface area (Å²) >= 11 is 1.02. The van der Waals surface area contributed by atoms with Gasteiger partial charge in [-0.1, -0.05) is 0 Å². The highest BCUT2D eigenvalue weighted by Gasteiger charge is 2.42. The van der Waals surface area contributed by atoms with Gasteiger partial charge in [0, 0.05) is 29.4 Å². The van der Waals surface area contributed by atoms with Gasteiger partial charge in [0.05, 0.1) is 11.7 Å². The summed E-state index contributed by atoms with van der Waals surface area (Å²) in [6, 6.07) is 7.00. The molecule has 2 heterocycles. The standard InChI is InChI=1S/C26H21F4N3O3S/c1-4-23-31-21(14-37-23)24(34)33(19-11-16(26(28,29)30)12-20(13-19)36-15(2)3)22-9-10-32(25(22)35)18-7-5-17(27)6-8-18/h1,5-8,11-15,22H,9-10H2,2-3H3. The molecule has 1 unspecified atom stereocenters. The van der Waals surface area contributed by atoms with Crippen LogP contribution in [0.1, 0.15) is 41.3 Å². The van der Waals surface area contributed by atoms with Crippen LogP contribution in [0.25, 0.3) is 0 Å². The molecule has 0 aliphatic carbocycles. The van der Waals surface area contributed by atoms with E-state index in [0.29, 0.717) is 5.69 Å². The molecule has 1 aliphatic rings. The number of rotatable bonds is 6. The molecule has 11 heteroatoms. The minimum absolute atomic E-state index is 0.102. The van der Waals surface area contributed by atoms with Gasteiger partial charge in [0.1, 0.15) is 23.3 Å². The fourth-order valence-corrected chi connectivity index (χ4v) is 4.60. The van der Waals surface area contributed by atoms with Gasteiger partial charge in [0.15, 0.2) is 5.01 Å². The molecular weight excluding hydrogens is 510 g/mol. The number of thiazole rings is 1. The lowest BCUT2D eigenvalue weighted by Crippen LogP contribution is -2.46. The molecule has 0 radical (unpaired) electrons. The van der Waals surface area contributed by atoms with Crippen molar-refractivity contribution in [3.8, 4) is 18.1 Å². The molecule has 1 saturated heterocycles. The van der Waals surface area contributed by atoms with Crippen molar-refractivity contribution in [1.82, 2.24) is 4.98 Å². The molecule has 1 atom stereocenters. The van der Waals surface area contributed by atoms with Gasteiger partial charge in [-0.25, -0.2) is 9.37 Å². The van der Waals surface area contributed by atoms with E-state index in [-0.39, 0.29) is 35.1 Å². The van der Waals surface area contributed by atoms with E-state index in [4.69, 9.17) is 11.2 Å². The summed E-state index contributed by atoms with van der Waals surface area (Å²) in [7, 11) is 0. The number of hydrogen-bond acceptors (Lipinski definition) is 5. The molecule has 0 N–H and O–H groups in total. The number of terminal acetylenes is 1. The van der Waals surface area contributed by atoms with E-state index in [1.165, 1.54) is 40.6 Å². The Balaban J connectivity index is 1.82. The second-order valence-corrected chi connectivity index (χ2v) is 9.37. The van der Waals surface area contributed by atoms with Crippen molar-refractivity contribution in [2.24, 2.45) is 0 Å². The Labute approximate surface area is 214 Å². The van der Waals surface area contributed by atoms with Crippen LogP contribution < -0.4 is 14.5 Å². The summed E-state index contributed by atoms with van der Waals surface area (Å²) in [6.07, 6.45) is 0.297. The third-order valence-electron chi connectivity index (χ3n) is 5.56. The zero-order valence-corrected chi connectivity index (χ0v) is 20.6. The first kappa shape index (κ1) is 26.2. The van der Waals surface area contributed by atoms with Crippen molar-refractivity contribution in [1.29, 1.82) is 0 Å². The van der Waals surface area contributed by atoms with Crippen molar-refractivity contribution in [2.45, 2.75) is 38.6 Å². The monoisotopic (exact) mass is 531 g/mol. The molecule has 0 spiro atoms. The number of aromatic nitrogens is 1. The van der Waals surface area contributed by atoms with E-state index in [1.807, 2.05) is 0 Å². The minimum Gasteiger partial charge on any atom is -0.491 e. The number of ether oxygens (including phenoxy) is 1. The fourth-order valence-electron chi connectivity index (χ4n) is 4.01. The maximum atomic E-state index is 13.8. The third-order valence-corrected chi connectivity index (χ3v) is 6.33. The maximum absolute atomic E-state index is 13.8. The van der Waals surface area contributed by atoms with Gasteiger partial charge in [0.25, 0.3) is 5.91 Å². The zero-order valence-electron chi connectivity index (χ0n) is 19.8. The summed E-state index contributed by atoms with van der Waals surface area (Å²) < 4.78 is 60.3. The second kappa shape index (κ2) is 10.2. The van der Waals surface area contributed by atoms with Crippen molar-refractivity contribution in [2.75, 3.05) is 16.3 Å². The number of anilines is 2. The van der Waals surface area contributed by atoms with Crippen LogP contribution in [-0.4, -0.2) is 35.5 Å². The summed E-state index contributed by atoms with van der Waals surface area (Å²) in [6.45, 7) is 3.47. The molecule has 37 heavy (non-hydrogen) atoms. The zero-order chi connectivity index (χ0) is 26.9. The Morgan fingerprint density at radius 1 is 1.24 bits per heavy atom. The lowest BCUT2D eigenvalue weighted by atomic mass is 10.1. The summed E-state index contributed by atoms with van der Waals surface area (Å²) in [5, 5.41) is 1.60. The summed E-state index contributed by atoms with van der Waals surface area (Å²) in [5.74, 6) is 0.400. The normalized spacial score (nSPS) is 15.7. The van der Waals surface area contributed by atoms with Gasteiger partial charge >= 0.3 is 6.18 Å². The Morgan fingerprint density at radius 2 is 1.95 bits per heavy atom. The maximum Gasteiger partial charge on any atom is 0.416 e. The van der Waals surface area contributed by atoms with Crippen LogP contribution in [0.2, 0.25) is 0 Å². The number of nitrogens with zero attached hydrogens (tertiary/aromatic N) is 3. The van der Waals surface area contributed by atoms with Crippen LogP contribution in [0.5, 0.6) is 5.75 Å². The van der Waals surface area contributed by atoms with Crippen molar-refractivity contribution < 1.29 is 31.9 Å². The largest absolute Gasteiger partial charge is 0.491 e. The molecule has 4 rings (SSSR count). The Kier molecular flexibility index (Phi) is 7.23. The first-order valence-corrected chi connectivity index (χ1v) is 12.1. The van der Waals surface area contributed by atoms with Crippen LogP contribution in [0.3, 0.4) is 0 Å². The lowest BCUT2D eigenvalue weighted by molar-refractivity contribution is -0.137. The van der Waals surface area contributed by atoms with Gasteiger partial charge in [-0.2, -0.15) is 13.2 Å². The van der Waals surface area contributed by atoms with Crippen LogP contribution in [0, 0.1) is 18.2 Å². The number of alkyl halides is 3. The van der Waals surface area contributed by atoms with E-state index in [2.05, 4.69) is 10.9 Å². The number of halogens is 4. The molecule has 2 amide bonds. The van der Waals surface area contributed by atoms with Crippen LogP contribution >= 0.6 is 11.3 Å². The Bertz CT molecular complexity index is 1360. The molecule has 0 saturated carbocycles. The van der Waals surface area contributed by atoms with Crippen molar-refractivity contribution in [3.63, 3.8) is 0 Å². The van der Waals surface area contributed by atoms with Crippen molar-refractivity contribution in [3.05, 3.63) is 69.9 Å². The molecule has 1 aromatic heterocycles. The Morgan fingerprint density at radius 3 is 2.54 bits per heavy atom. The molecular formula is C26H21F4N3O3S. The number of carbonyl (C=O) groups excluding carboxylic acids is 2. The SMILES string of the molecule is C#Cc1nc(C(=O)N(c2cc(OC(C)C)cc(C(F)(F)F)c2)C2CCN(c3ccc(F)cc3)C2=O)cs1. The van der Waals surface area contributed by atoms with Gasteiger partial charge in [-0.3, -0.25) is 14.5 Å². The van der Waals surface area contributed by atoms with Crippen molar-refractivity contribution >= 4 is 34.5 Å². The third kappa shape index (κ3) is 5.59. The van der Waals surface area contributed by atoms with Gasteiger partial charge < -0.3 is 9.64 Å². The highest BCUT2D eigenvalue weighted by Crippen LogP contribution is 2.38. The Hall–Kier alpha value is -3.91.